The van der Waals surface area contributed by atoms with Gasteiger partial charge in [0, 0.05) is 6.04 Å². The van der Waals surface area contributed by atoms with Crippen LogP contribution in [-0.2, 0) is 9.53 Å². The molecule has 98 valence electrons. The van der Waals surface area contributed by atoms with Crippen LogP contribution in [-0.4, -0.2) is 18.1 Å². The highest BCUT2D eigenvalue weighted by Gasteiger charge is 2.29. The lowest BCUT2D eigenvalue weighted by Crippen LogP contribution is -2.33. The van der Waals surface area contributed by atoms with Gasteiger partial charge in [0.25, 0.3) is 0 Å². The van der Waals surface area contributed by atoms with Crippen LogP contribution in [0.25, 0.3) is 0 Å². The molecule has 2 N–H and O–H groups in total. The molecule has 2 rings (SSSR count). The summed E-state index contributed by atoms with van der Waals surface area (Å²) in [4.78, 5) is 12.0. The van der Waals surface area contributed by atoms with Crippen LogP contribution in [0.3, 0.4) is 0 Å². The van der Waals surface area contributed by atoms with E-state index in [1.54, 1.807) is 0 Å². The van der Waals surface area contributed by atoms with Gasteiger partial charge in [-0.15, -0.1) is 0 Å². The van der Waals surface area contributed by atoms with E-state index in [9.17, 15) is 4.79 Å². The average Bonchev–Trinajstić information content (AvgIpc) is 2.29. The molecule has 0 bridgehead atoms. The SMILES string of the molecule is CC1CCCC(OC(=O)C2CCC(N)CC2)C1. The van der Waals surface area contributed by atoms with Crippen molar-refractivity contribution in [3.05, 3.63) is 0 Å². The Balaban J connectivity index is 1.76. The van der Waals surface area contributed by atoms with Gasteiger partial charge in [-0.1, -0.05) is 13.3 Å². The molecule has 2 aliphatic rings. The Morgan fingerprint density at radius 2 is 1.82 bits per heavy atom. The molecule has 0 radical (unpaired) electrons. The van der Waals surface area contributed by atoms with E-state index in [2.05, 4.69) is 6.92 Å². The molecule has 0 saturated heterocycles. The van der Waals surface area contributed by atoms with E-state index in [4.69, 9.17) is 10.5 Å². The molecule has 2 aliphatic carbocycles. The summed E-state index contributed by atoms with van der Waals surface area (Å²) in [6.07, 6.45) is 8.56. The van der Waals surface area contributed by atoms with Crippen molar-refractivity contribution in [3.8, 4) is 0 Å². The fourth-order valence-electron chi connectivity index (χ4n) is 3.10. The topological polar surface area (TPSA) is 52.3 Å². The van der Waals surface area contributed by atoms with Crippen molar-refractivity contribution in [1.29, 1.82) is 0 Å². The van der Waals surface area contributed by atoms with Crippen molar-refractivity contribution in [2.75, 3.05) is 0 Å². The number of hydrogen-bond acceptors (Lipinski definition) is 3. The summed E-state index contributed by atoms with van der Waals surface area (Å²) in [5.41, 5.74) is 5.85. The predicted octanol–water partition coefficient (Wildman–Crippen LogP) is 2.63. The van der Waals surface area contributed by atoms with Gasteiger partial charge in [0.05, 0.1) is 5.92 Å². The Bertz CT molecular complexity index is 259. The molecular formula is C14H25NO2. The first-order valence-electron chi connectivity index (χ1n) is 7.11. The first-order chi connectivity index (χ1) is 8.15. The first kappa shape index (κ1) is 12.9. The molecule has 0 aromatic heterocycles. The number of nitrogens with two attached hydrogens (primary N) is 1. The molecule has 0 spiro atoms. The van der Waals surface area contributed by atoms with Crippen molar-refractivity contribution >= 4 is 5.97 Å². The van der Waals surface area contributed by atoms with Crippen molar-refractivity contribution in [2.45, 2.75) is 70.4 Å². The van der Waals surface area contributed by atoms with Gasteiger partial charge in [0.1, 0.15) is 6.10 Å². The lowest BCUT2D eigenvalue weighted by atomic mass is 9.86. The number of carbonyl (C=O) groups is 1. The van der Waals surface area contributed by atoms with E-state index in [0.29, 0.717) is 12.0 Å². The molecule has 17 heavy (non-hydrogen) atoms. The first-order valence-corrected chi connectivity index (χ1v) is 7.11. The maximum Gasteiger partial charge on any atom is 0.309 e. The predicted molar refractivity (Wildman–Crippen MR) is 67.4 cm³/mol. The molecule has 0 aromatic carbocycles. The monoisotopic (exact) mass is 239 g/mol. The average molecular weight is 239 g/mol. The van der Waals surface area contributed by atoms with Crippen LogP contribution in [0, 0.1) is 11.8 Å². The summed E-state index contributed by atoms with van der Waals surface area (Å²) in [6.45, 7) is 2.25. The molecule has 0 amide bonds. The summed E-state index contributed by atoms with van der Waals surface area (Å²) in [5, 5.41) is 0. The van der Waals surface area contributed by atoms with Crippen LogP contribution < -0.4 is 5.73 Å². The third-order valence-electron chi connectivity index (χ3n) is 4.28. The Morgan fingerprint density at radius 1 is 1.12 bits per heavy atom. The summed E-state index contributed by atoms with van der Waals surface area (Å²) in [7, 11) is 0. The van der Waals surface area contributed by atoms with Crippen LogP contribution in [0.15, 0.2) is 0 Å². The van der Waals surface area contributed by atoms with Gasteiger partial charge in [-0.05, 0) is 50.9 Å². The highest BCUT2D eigenvalue weighted by molar-refractivity contribution is 5.72. The van der Waals surface area contributed by atoms with Crippen LogP contribution in [0.2, 0.25) is 0 Å². The van der Waals surface area contributed by atoms with Crippen LogP contribution in [0.5, 0.6) is 0 Å². The molecule has 0 heterocycles. The third-order valence-corrected chi connectivity index (χ3v) is 4.28. The lowest BCUT2D eigenvalue weighted by Gasteiger charge is -2.30. The molecule has 2 unspecified atom stereocenters. The molecule has 0 aromatic rings. The molecule has 3 nitrogen and oxygen atoms in total. The largest absolute Gasteiger partial charge is 0.462 e. The minimum atomic E-state index is 0.0380. The number of rotatable bonds is 2. The van der Waals surface area contributed by atoms with E-state index in [1.807, 2.05) is 0 Å². The summed E-state index contributed by atoms with van der Waals surface area (Å²) >= 11 is 0. The number of ether oxygens (including phenoxy) is 1. The summed E-state index contributed by atoms with van der Waals surface area (Å²) in [6, 6.07) is 0.300. The zero-order valence-electron chi connectivity index (χ0n) is 10.9. The standard InChI is InChI=1S/C14H25NO2/c1-10-3-2-4-13(9-10)17-14(16)11-5-7-12(15)8-6-11/h10-13H,2-9,15H2,1H3. The maximum absolute atomic E-state index is 12.0. The fourth-order valence-corrected chi connectivity index (χ4v) is 3.10. The van der Waals surface area contributed by atoms with Crippen LogP contribution >= 0.6 is 0 Å². The highest BCUT2D eigenvalue weighted by atomic mass is 16.5. The fraction of sp³-hybridized carbons (Fsp3) is 0.929. The second-order valence-corrected chi connectivity index (χ2v) is 5.94. The Labute approximate surface area is 104 Å². The van der Waals surface area contributed by atoms with E-state index < -0.39 is 0 Å². The molecule has 2 atom stereocenters. The van der Waals surface area contributed by atoms with Gasteiger partial charge in [-0.25, -0.2) is 0 Å². The molecule has 3 heteroatoms. The zero-order valence-corrected chi connectivity index (χ0v) is 10.9. The van der Waals surface area contributed by atoms with Gasteiger partial charge in [-0.3, -0.25) is 4.79 Å². The smallest absolute Gasteiger partial charge is 0.309 e. The van der Waals surface area contributed by atoms with Crippen LogP contribution in [0.4, 0.5) is 0 Å². The quantitative estimate of drug-likeness (QED) is 0.754. The number of esters is 1. The van der Waals surface area contributed by atoms with Crippen molar-refractivity contribution in [2.24, 2.45) is 17.6 Å². The van der Waals surface area contributed by atoms with Gasteiger partial charge >= 0.3 is 5.97 Å². The van der Waals surface area contributed by atoms with Crippen molar-refractivity contribution in [3.63, 3.8) is 0 Å². The Kier molecular flexibility index (Phi) is 4.43. The maximum atomic E-state index is 12.0. The van der Waals surface area contributed by atoms with Gasteiger partial charge < -0.3 is 10.5 Å². The molecule has 0 aliphatic heterocycles. The van der Waals surface area contributed by atoms with E-state index in [0.717, 1.165) is 38.5 Å². The Morgan fingerprint density at radius 3 is 2.47 bits per heavy atom. The van der Waals surface area contributed by atoms with Gasteiger partial charge in [0.2, 0.25) is 0 Å². The highest BCUT2D eigenvalue weighted by Crippen LogP contribution is 2.29. The normalized spacial score (nSPS) is 38.7. The minimum Gasteiger partial charge on any atom is -0.462 e. The number of carbonyl (C=O) groups excluding carboxylic acids is 1. The summed E-state index contributed by atoms with van der Waals surface area (Å²) in [5.74, 6) is 0.865. The van der Waals surface area contributed by atoms with E-state index >= 15 is 0 Å². The number of hydrogen-bond donors (Lipinski definition) is 1. The zero-order chi connectivity index (χ0) is 12.3. The van der Waals surface area contributed by atoms with Crippen LogP contribution in [0.1, 0.15) is 58.3 Å². The van der Waals surface area contributed by atoms with Crippen molar-refractivity contribution in [1.82, 2.24) is 0 Å². The van der Waals surface area contributed by atoms with E-state index in [1.165, 1.54) is 12.8 Å². The summed E-state index contributed by atoms with van der Waals surface area (Å²) < 4.78 is 5.66. The molecule has 2 fully saturated rings. The second-order valence-electron chi connectivity index (χ2n) is 5.94. The third kappa shape index (κ3) is 3.70. The van der Waals surface area contributed by atoms with Gasteiger partial charge in [-0.2, -0.15) is 0 Å². The second kappa shape index (κ2) is 5.85. The van der Waals surface area contributed by atoms with E-state index in [-0.39, 0.29) is 18.0 Å². The lowest BCUT2D eigenvalue weighted by molar-refractivity contribution is -0.157. The Hall–Kier alpha value is -0.570. The van der Waals surface area contributed by atoms with Crippen molar-refractivity contribution < 1.29 is 9.53 Å². The minimum absolute atomic E-state index is 0.0380. The van der Waals surface area contributed by atoms with Gasteiger partial charge in [0.15, 0.2) is 0 Å². The molecular weight excluding hydrogens is 214 g/mol. The molecule has 2 saturated carbocycles.